The smallest absolute Gasteiger partial charge is 0.387 e. The maximum atomic E-state index is 12.1. The van der Waals surface area contributed by atoms with Gasteiger partial charge in [-0.25, -0.2) is 0 Å². The van der Waals surface area contributed by atoms with Gasteiger partial charge in [-0.1, -0.05) is 0 Å². The summed E-state index contributed by atoms with van der Waals surface area (Å²) in [5, 5.41) is 17.5. The van der Waals surface area contributed by atoms with Crippen molar-refractivity contribution in [3.63, 3.8) is 0 Å². The fourth-order valence-corrected chi connectivity index (χ4v) is 1.65. The number of carboxylic acids is 1. The summed E-state index contributed by atoms with van der Waals surface area (Å²) in [6.07, 6.45) is -0.382. The van der Waals surface area contributed by atoms with Crippen LogP contribution in [0.1, 0.15) is 16.7 Å². The average molecular weight is 276 g/mol. The van der Waals surface area contributed by atoms with Crippen LogP contribution in [-0.4, -0.2) is 17.7 Å². The predicted octanol–water partition coefficient (Wildman–Crippen LogP) is 2.53. The fraction of sp³-hybridized carbons (Fsp3) is 0.273. The van der Waals surface area contributed by atoms with E-state index in [0.29, 0.717) is 5.56 Å². The Hall–Kier alpha value is -1.87. The van der Waals surface area contributed by atoms with Crippen LogP contribution >= 0.6 is 11.6 Å². The monoisotopic (exact) mass is 275 g/mol. The Balaban J connectivity index is 3.25. The average Bonchev–Trinajstić information content (AvgIpc) is 2.28. The Morgan fingerprint density at radius 2 is 2.17 bits per heavy atom. The molecule has 96 valence electrons. The van der Waals surface area contributed by atoms with Gasteiger partial charge in [0.05, 0.1) is 12.0 Å². The van der Waals surface area contributed by atoms with Crippen molar-refractivity contribution in [3.05, 3.63) is 28.8 Å². The van der Waals surface area contributed by atoms with E-state index in [2.05, 4.69) is 4.74 Å². The molecular formula is C11H8ClF2NO3. The second kappa shape index (κ2) is 6.17. The second-order valence-electron chi connectivity index (χ2n) is 3.31. The van der Waals surface area contributed by atoms with Crippen LogP contribution in [0.3, 0.4) is 0 Å². The third kappa shape index (κ3) is 3.57. The first-order valence-corrected chi connectivity index (χ1v) is 5.29. The van der Waals surface area contributed by atoms with Crippen molar-refractivity contribution in [3.8, 4) is 11.8 Å². The lowest BCUT2D eigenvalue weighted by atomic mass is 10.0. The van der Waals surface area contributed by atoms with Crippen molar-refractivity contribution in [1.82, 2.24) is 0 Å². The van der Waals surface area contributed by atoms with E-state index in [1.165, 1.54) is 6.07 Å². The summed E-state index contributed by atoms with van der Waals surface area (Å²) in [5.41, 5.74) is 0.532. The van der Waals surface area contributed by atoms with Crippen LogP contribution in [-0.2, 0) is 17.1 Å². The first kappa shape index (κ1) is 14.2. The zero-order valence-corrected chi connectivity index (χ0v) is 9.75. The first-order valence-electron chi connectivity index (χ1n) is 4.76. The summed E-state index contributed by atoms with van der Waals surface area (Å²) < 4.78 is 28.4. The molecule has 0 aliphatic rings. The minimum absolute atomic E-state index is 0.0216. The Kier molecular flexibility index (Phi) is 4.86. The molecule has 0 atom stereocenters. The molecule has 7 heteroatoms. The van der Waals surface area contributed by atoms with Crippen LogP contribution in [0.4, 0.5) is 8.78 Å². The molecule has 0 fully saturated rings. The molecule has 1 N–H and O–H groups in total. The molecule has 0 spiro atoms. The zero-order chi connectivity index (χ0) is 13.7. The number of carbonyl (C=O) groups is 1. The lowest BCUT2D eigenvalue weighted by molar-refractivity contribution is -0.136. The van der Waals surface area contributed by atoms with Gasteiger partial charge >= 0.3 is 12.6 Å². The molecule has 0 unspecified atom stereocenters. The summed E-state index contributed by atoms with van der Waals surface area (Å²) in [6.45, 7) is -3.09. The number of benzene rings is 1. The molecule has 1 rings (SSSR count). The maximum absolute atomic E-state index is 12.1. The van der Waals surface area contributed by atoms with Gasteiger partial charge in [0, 0.05) is 5.88 Å². The summed E-state index contributed by atoms with van der Waals surface area (Å²) >= 11 is 5.61. The highest BCUT2D eigenvalue weighted by atomic mass is 35.5. The van der Waals surface area contributed by atoms with Crippen molar-refractivity contribution in [1.29, 1.82) is 5.26 Å². The van der Waals surface area contributed by atoms with E-state index in [0.717, 1.165) is 6.07 Å². The van der Waals surface area contributed by atoms with Crippen molar-refractivity contribution in [2.24, 2.45) is 0 Å². The van der Waals surface area contributed by atoms with Gasteiger partial charge in [-0.15, -0.1) is 11.6 Å². The van der Waals surface area contributed by atoms with Gasteiger partial charge in [-0.05, 0) is 23.3 Å². The molecule has 1 aromatic carbocycles. The highest BCUT2D eigenvalue weighted by molar-refractivity contribution is 6.17. The summed E-state index contributed by atoms with van der Waals surface area (Å²) in [6, 6.07) is 4.05. The SMILES string of the molecule is N#Cc1cc(CCl)c(CC(=O)O)cc1OC(F)F. The molecule has 0 aliphatic carbocycles. The van der Waals surface area contributed by atoms with Crippen LogP contribution in [0.25, 0.3) is 0 Å². The van der Waals surface area contributed by atoms with Crippen molar-refractivity contribution in [2.45, 2.75) is 18.9 Å². The van der Waals surface area contributed by atoms with Gasteiger partial charge in [0.25, 0.3) is 0 Å². The number of halogens is 3. The van der Waals surface area contributed by atoms with Gasteiger partial charge in [-0.2, -0.15) is 14.0 Å². The minimum atomic E-state index is -3.09. The van der Waals surface area contributed by atoms with Crippen LogP contribution in [0.15, 0.2) is 12.1 Å². The van der Waals surface area contributed by atoms with Gasteiger partial charge in [0.15, 0.2) is 0 Å². The molecule has 4 nitrogen and oxygen atoms in total. The molecule has 0 saturated carbocycles. The Morgan fingerprint density at radius 1 is 1.50 bits per heavy atom. The Morgan fingerprint density at radius 3 is 2.61 bits per heavy atom. The molecule has 0 radical (unpaired) electrons. The van der Waals surface area contributed by atoms with E-state index in [4.69, 9.17) is 22.0 Å². The number of alkyl halides is 3. The molecule has 0 amide bonds. The summed E-state index contributed by atoms with van der Waals surface area (Å²) in [4.78, 5) is 10.6. The molecule has 0 bridgehead atoms. The third-order valence-corrected chi connectivity index (χ3v) is 2.41. The molecule has 0 aromatic heterocycles. The molecule has 1 aromatic rings. The lowest BCUT2D eigenvalue weighted by Gasteiger charge is -2.11. The maximum Gasteiger partial charge on any atom is 0.387 e. The molecule has 0 aliphatic heterocycles. The van der Waals surface area contributed by atoms with Gasteiger partial charge < -0.3 is 9.84 Å². The number of rotatable bonds is 5. The molecule has 0 saturated heterocycles. The lowest BCUT2D eigenvalue weighted by Crippen LogP contribution is -2.08. The number of hydrogen-bond donors (Lipinski definition) is 1. The van der Waals surface area contributed by atoms with Crippen molar-refractivity contribution >= 4 is 17.6 Å². The van der Waals surface area contributed by atoms with E-state index in [9.17, 15) is 13.6 Å². The number of carboxylic acid groups (broad SMARTS) is 1. The molecular weight excluding hydrogens is 268 g/mol. The van der Waals surface area contributed by atoms with E-state index < -0.39 is 12.6 Å². The fourth-order valence-electron chi connectivity index (χ4n) is 1.40. The Bertz CT molecular complexity index is 500. The van der Waals surface area contributed by atoms with E-state index in [1.54, 1.807) is 6.07 Å². The predicted molar refractivity (Wildman–Crippen MR) is 58.7 cm³/mol. The molecule has 18 heavy (non-hydrogen) atoms. The summed E-state index contributed by atoms with van der Waals surface area (Å²) in [7, 11) is 0. The van der Waals surface area contributed by atoms with E-state index in [1.807, 2.05) is 0 Å². The van der Waals surface area contributed by atoms with E-state index >= 15 is 0 Å². The zero-order valence-electron chi connectivity index (χ0n) is 8.99. The van der Waals surface area contributed by atoms with Gasteiger partial charge in [0.1, 0.15) is 11.8 Å². The standard InChI is InChI=1S/C11H8ClF2NO3/c12-4-7-1-8(5-15)9(18-11(13)14)2-6(7)3-10(16)17/h1-2,11H,3-4H2,(H,16,17). The topological polar surface area (TPSA) is 70.3 Å². The van der Waals surface area contributed by atoms with Gasteiger partial charge in [-0.3, -0.25) is 4.79 Å². The quantitative estimate of drug-likeness (QED) is 0.838. The summed E-state index contributed by atoms with van der Waals surface area (Å²) in [5.74, 6) is -1.50. The number of hydrogen-bond acceptors (Lipinski definition) is 3. The minimum Gasteiger partial charge on any atom is -0.481 e. The number of nitriles is 1. The van der Waals surface area contributed by atoms with Crippen molar-refractivity contribution in [2.75, 3.05) is 0 Å². The van der Waals surface area contributed by atoms with Crippen LogP contribution in [0, 0.1) is 11.3 Å². The van der Waals surface area contributed by atoms with Crippen LogP contribution in [0.2, 0.25) is 0 Å². The van der Waals surface area contributed by atoms with Crippen molar-refractivity contribution < 1.29 is 23.4 Å². The second-order valence-corrected chi connectivity index (χ2v) is 3.58. The van der Waals surface area contributed by atoms with E-state index in [-0.39, 0.29) is 29.2 Å². The van der Waals surface area contributed by atoms with Gasteiger partial charge in [0.2, 0.25) is 0 Å². The largest absolute Gasteiger partial charge is 0.481 e. The number of aliphatic carboxylic acids is 1. The van der Waals surface area contributed by atoms with Crippen LogP contribution in [0.5, 0.6) is 5.75 Å². The Labute approximate surface area is 106 Å². The highest BCUT2D eigenvalue weighted by Gasteiger charge is 2.15. The molecule has 0 heterocycles. The first-order chi connectivity index (χ1) is 8.47. The normalized spacial score (nSPS) is 10.2. The van der Waals surface area contributed by atoms with Crippen LogP contribution < -0.4 is 4.74 Å². The number of ether oxygens (including phenoxy) is 1. The third-order valence-electron chi connectivity index (χ3n) is 2.12. The highest BCUT2D eigenvalue weighted by Crippen LogP contribution is 2.26. The number of nitrogens with zero attached hydrogens (tertiary/aromatic N) is 1.